The molecule has 1 aliphatic rings. The molecule has 1 heterocycles. The molecule has 1 rings (SSSR count). The van der Waals surface area contributed by atoms with Crippen LogP contribution in [-0.2, 0) is 0 Å². The second kappa shape index (κ2) is 4.73. The highest BCUT2D eigenvalue weighted by Gasteiger charge is 2.08. The van der Waals surface area contributed by atoms with Gasteiger partial charge in [0.15, 0.2) is 0 Å². The maximum absolute atomic E-state index is 3.40. The molecule has 1 N–H and O–H groups in total. The smallest absolute Gasteiger partial charge is 0.0107 e. The Morgan fingerprint density at radius 3 is 2.82 bits per heavy atom. The Hall–Kier alpha value is -0.0800. The molecule has 0 aromatic heterocycles. The molecule has 0 aliphatic carbocycles. The molecule has 0 aromatic rings. The summed E-state index contributed by atoms with van der Waals surface area (Å²) in [6.07, 6.45) is 1.30. The van der Waals surface area contributed by atoms with Crippen molar-refractivity contribution in [3.63, 3.8) is 0 Å². The highest BCUT2D eigenvalue weighted by Crippen LogP contribution is 2.02. The molecule has 0 saturated carbocycles. The molecule has 65 valence electrons. The van der Waals surface area contributed by atoms with E-state index in [0.717, 1.165) is 6.54 Å². The van der Waals surface area contributed by atoms with E-state index in [2.05, 4.69) is 24.1 Å². The van der Waals surface area contributed by atoms with E-state index in [4.69, 9.17) is 0 Å². The summed E-state index contributed by atoms with van der Waals surface area (Å²) in [7, 11) is 0. The number of rotatable bonds is 2. The van der Waals surface area contributed by atoms with E-state index in [-0.39, 0.29) is 0 Å². The monoisotopic (exact) mass is 155 g/mol. The van der Waals surface area contributed by atoms with Crippen LogP contribution in [0.4, 0.5) is 0 Å². The minimum atomic E-state index is 1.16. The van der Waals surface area contributed by atoms with Gasteiger partial charge in [0.2, 0.25) is 0 Å². The average molecular weight is 155 g/mol. The normalized spacial score (nSPS) is 22.1. The van der Waals surface area contributed by atoms with Crippen LogP contribution in [0.2, 0.25) is 0 Å². The largest absolute Gasteiger partial charge is 0.315 e. The van der Waals surface area contributed by atoms with Gasteiger partial charge in [-0.2, -0.15) is 0 Å². The molecule has 0 bridgehead atoms. The zero-order valence-electron chi connectivity index (χ0n) is 7.69. The highest BCUT2D eigenvalue weighted by atomic mass is 15.1. The average Bonchev–Trinajstić information content (AvgIpc) is 2.14. The lowest BCUT2D eigenvalue weighted by Gasteiger charge is -2.20. The van der Waals surface area contributed by atoms with Gasteiger partial charge in [0.1, 0.15) is 0 Å². The number of nitrogens with one attached hydrogen (secondary N) is 1. The summed E-state index contributed by atoms with van der Waals surface area (Å²) >= 11 is 0. The van der Waals surface area contributed by atoms with E-state index in [9.17, 15) is 0 Å². The standard InChI is InChI=1S/C9H19N2/c1-9(2)8-11-6-3-4-10-5-7-11/h10H,3-8H2,1-2H3. The Balaban J connectivity index is 2.20. The summed E-state index contributed by atoms with van der Waals surface area (Å²) in [6.45, 7) is 10.4. The highest BCUT2D eigenvalue weighted by molar-refractivity contribution is 4.82. The summed E-state index contributed by atoms with van der Waals surface area (Å²) in [5, 5.41) is 3.40. The number of hydrogen-bond acceptors (Lipinski definition) is 2. The van der Waals surface area contributed by atoms with Crippen molar-refractivity contribution < 1.29 is 0 Å². The van der Waals surface area contributed by atoms with Crippen molar-refractivity contribution in [1.29, 1.82) is 0 Å². The SMILES string of the molecule is C[C](C)CN1CCCNCC1. The molecule has 0 amide bonds. The molecule has 1 fully saturated rings. The second-order valence-electron chi connectivity index (χ2n) is 3.59. The van der Waals surface area contributed by atoms with Crippen LogP contribution >= 0.6 is 0 Å². The molecule has 2 heteroatoms. The van der Waals surface area contributed by atoms with E-state index >= 15 is 0 Å². The Kier molecular flexibility index (Phi) is 3.87. The van der Waals surface area contributed by atoms with Crippen LogP contribution in [0.3, 0.4) is 0 Å². The lowest BCUT2D eigenvalue weighted by molar-refractivity contribution is 0.304. The Bertz CT molecular complexity index is 93.7. The van der Waals surface area contributed by atoms with Crippen molar-refractivity contribution in [1.82, 2.24) is 10.2 Å². The molecule has 0 atom stereocenters. The van der Waals surface area contributed by atoms with Crippen molar-refractivity contribution in [3.05, 3.63) is 5.92 Å². The van der Waals surface area contributed by atoms with Gasteiger partial charge in [0.05, 0.1) is 0 Å². The molecule has 0 unspecified atom stereocenters. The van der Waals surface area contributed by atoms with Gasteiger partial charge in [-0.15, -0.1) is 0 Å². The Morgan fingerprint density at radius 1 is 1.27 bits per heavy atom. The third-order valence-electron chi connectivity index (χ3n) is 1.97. The van der Waals surface area contributed by atoms with Crippen molar-refractivity contribution in [2.24, 2.45) is 0 Å². The van der Waals surface area contributed by atoms with Crippen molar-refractivity contribution >= 4 is 0 Å². The van der Waals surface area contributed by atoms with Gasteiger partial charge in [0.25, 0.3) is 0 Å². The van der Waals surface area contributed by atoms with Crippen LogP contribution < -0.4 is 5.32 Å². The maximum Gasteiger partial charge on any atom is 0.0107 e. The fourth-order valence-electron chi connectivity index (χ4n) is 1.51. The van der Waals surface area contributed by atoms with Gasteiger partial charge >= 0.3 is 0 Å². The first-order valence-corrected chi connectivity index (χ1v) is 4.51. The van der Waals surface area contributed by atoms with Crippen molar-refractivity contribution in [2.45, 2.75) is 20.3 Å². The van der Waals surface area contributed by atoms with Crippen molar-refractivity contribution in [2.75, 3.05) is 32.7 Å². The number of nitrogens with zero attached hydrogens (tertiary/aromatic N) is 1. The molecular formula is C9H19N2. The van der Waals surface area contributed by atoms with Crippen LogP contribution in [0, 0.1) is 5.92 Å². The van der Waals surface area contributed by atoms with Crippen molar-refractivity contribution in [3.8, 4) is 0 Å². The van der Waals surface area contributed by atoms with Gasteiger partial charge < -0.3 is 10.2 Å². The topological polar surface area (TPSA) is 15.3 Å². The fourth-order valence-corrected chi connectivity index (χ4v) is 1.51. The molecule has 0 spiro atoms. The summed E-state index contributed by atoms with van der Waals surface area (Å²) in [5.41, 5.74) is 0. The first kappa shape index (κ1) is 9.01. The molecular weight excluding hydrogens is 136 g/mol. The zero-order chi connectivity index (χ0) is 8.10. The van der Waals surface area contributed by atoms with Gasteiger partial charge in [-0.3, -0.25) is 0 Å². The number of hydrogen-bond donors (Lipinski definition) is 1. The maximum atomic E-state index is 3.40. The van der Waals surface area contributed by atoms with Gasteiger partial charge in [-0.1, -0.05) is 13.8 Å². The quantitative estimate of drug-likeness (QED) is 0.637. The van der Waals surface area contributed by atoms with Gasteiger partial charge in [-0.05, 0) is 25.4 Å². The van der Waals surface area contributed by atoms with E-state index in [1.54, 1.807) is 0 Å². The molecule has 0 aromatic carbocycles. The third-order valence-corrected chi connectivity index (χ3v) is 1.97. The predicted octanol–water partition coefficient (Wildman–Crippen LogP) is 0.896. The molecule has 1 radical (unpaired) electrons. The molecule has 1 aliphatic heterocycles. The molecule has 11 heavy (non-hydrogen) atoms. The molecule has 1 saturated heterocycles. The van der Waals surface area contributed by atoms with Crippen LogP contribution in [0.5, 0.6) is 0 Å². The second-order valence-corrected chi connectivity index (χ2v) is 3.59. The van der Waals surface area contributed by atoms with Crippen LogP contribution in [0.1, 0.15) is 20.3 Å². The first-order valence-electron chi connectivity index (χ1n) is 4.51. The van der Waals surface area contributed by atoms with E-state index < -0.39 is 0 Å². The fraction of sp³-hybridized carbons (Fsp3) is 0.889. The van der Waals surface area contributed by atoms with E-state index in [0.29, 0.717) is 0 Å². The minimum Gasteiger partial charge on any atom is -0.315 e. The van der Waals surface area contributed by atoms with Crippen LogP contribution in [0.25, 0.3) is 0 Å². The predicted molar refractivity (Wildman–Crippen MR) is 48.5 cm³/mol. The summed E-state index contributed by atoms with van der Waals surface area (Å²) in [6, 6.07) is 0. The first-order chi connectivity index (χ1) is 5.29. The van der Waals surface area contributed by atoms with E-state index in [1.165, 1.54) is 38.5 Å². The zero-order valence-corrected chi connectivity index (χ0v) is 7.69. The Labute approximate surface area is 70.0 Å². The summed E-state index contributed by atoms with van der Waals surface area (Å²) < 4.78 is 0. The minimum absolute atomic E-state index is 1.16. The van der Waals surface area contributed by atoms with Gasteiger partial charge in [0, 0.05) is 19.6 Å². The van der Waals surface area contributed by atoms with Crippen LogP contribution in [-0.4, -0.2) is 37.6 Å². The van der Waals surface area contributed by atoms with Crippen LogP contribution in [0.15, 0.2) is 0 Å². The van der Waals surface area contributed by atoms with Gasteiger partial charge in [-0.25, -0.2) is 0 Å². The summed E-state index contributed by atoms with van der Waals surface area (Å²) in [4.78, 5) is 2.52. The Morgan fingerprint density at radius 2 is 2.09 bits per heavy atom. The lowest BCUT2D eigenvalue weighted by atomic mass is 10.2. The van der Waals surface area contributed by atoms with E-state index in [1.807, 2.05) is 0 Å². The summed E-state index contributed by atoms with van der Waals surface area (Å²) in [5.74, 6) is 1.52. The molecule has 2 nitrogen and oxygen atoms in total. The lowest BCUT2D eigenvalue weighted by Crippen LogP contribution is -2.30. The third kappa shape index (κ3) is 3.73.